The van der Waals surface area contributed by atoms with Gasteiger partial charge in [-0.15, -0.1) is 0 Å². The number of benzene rings is 4. The number of rotatable bonds is 7. The zero-order valence-corrected chi connectivity index (χ0v) is 18.1. The first-order chi connectivity index (χ1) is 16.5. The number of nitro groups is 2. The molecular weight excluding hydrogens is 428 g/mol. The van der Waals surface area contributed by atoms with E-state index in [0.29, 0.717) is 0 Å². The van der Waals surface area contributed by atoms with Gasteiger partial charge in [-0.2, -0.15) is 0 Å². The van der Waals surface area contributed by atoms with Gasteiger partial charge < -0.3 is 0 Å². The molecule has 0 heterocycles. The summed E-state index contributed by atoms with van der Waals surface area (Å²) in [6, 6.07) is 29.2. The summed E-state index contributed by atoms with van der Waals surface area (Å²) in [6.45, 7) is 0. The molecule has 0 aromatic heterocycles. The molecule has 0 unspecified atom stereocenters. The normalized spacial score (nSPS) is 11.2. The highest BCUT2D eigenvalue weighted by Crippen LogP contribution is 2.22. The molecule has 0 fully saturated rings. The van der Waals surface area contributed by atoms with Crippen molar-refractivity contribution in [1.82, 2.24) is 0 Å². The molecular formula is C28H20N2O4. The second kappa shape index (κ2) is 10.2. The maximum atomic E-state index is 10.7. The van der Waals surface area contributed by atoms with Crippen LogP contribution in [0.15, 0.2) is 97.1 Å². The van der Waals surface area contributed by atoms with E-state index in [1.165, 1.54) is 24.3 Å². The standard InChI is InChI=1S/C28H20N2O4/c31-29(32)27-17-9-23(10-18-27)3-1-21-5-13-25(14-6-21)26-15-7-22(8-16-26)2-4-24-11-19-28(20-12-24)30(33)34/h1-20H/b3-1+,4-2+. The van der Waals surface area contributed by atoms with E-state index in [4.69, 9.17) is 0 Å². The number of hydrogen-bond donors (Lipinski definition) is 0. The molecule has 0 radical (unpaired) electrons. The Morgan fingerprint density at radius 1 is 0.412 bits per heavy atom. The Balaban J connectivity index is 1.39. The average Bonchev–Trinajstić information content (AvgIpc) is 2.87. The predicted molar refractivity (Wildman–Crippen MR) is 136 cm³/mol. The Morgan fingerprint density at radius 3 is 0.882 bits per heavy atom. The molecule has 4 aromatic carbocycles. The van der Waals surface area contributed by atoms with Gasteiger partial charge in [-0.3, -0.25) is 20.2 Å². The fourth-order valence-electron chi connectivity index (χ4n) is 3.37. The fourth-order valence-corrected chi connectivity index (χ4v) is 3.37. The predicted octanol–water partition coefficient (Wildman–Crippen LogP) is 7.51. The third-order valence-corrected chi connectivity index (χ3v) is 5.30. The van der Waals surface area contributed by atoms with Crippen molar-refractivity contribution in [2.45, 2.75) is 0 Å². The third kappa shape index (κ3) is 5.69. The summed E-state index contributed by atoms with van der Waals surface area (Å²) in [7, 11) is 0. The molecule has 0 aliphatic heterocycles. The summed E-state index contributed by atoms with van der Waals surface area (Å²) >= 11 is 0. The van der Waals surface area contributed by atoms with E-state index >= 15 is 0 Å². The molecule has 0 bridgehead atoms. The molecule has 0 aliphatic carbocycles. The van der Waals surface area contributed by atoms with Crippen molar-refractivity contribution in [2.75, 3.05) is 0 Å². The number of nitrogens with zero attached hydrogens (tertiary/aromatic N) is 2. The first-order valence-corrected chi connectivity index (χ1v) is 10.5. The van der Waals surface area contributed by atoms with Gasteiger partial charge >= 0.3 is 0 Å². The van der Waals surface area contributed by atoms with Gasteiger partial charge in [0.25, 0.3) is 11.4 Å². The Kier molecular flexibility index (Phi) is 6.70. The Bertz CT molecular complexity index is 1250. The van der Waals surface area contributed by atoms with Crippen LogP contribution in [0.25, 0.3) is 35.4 Å². The largest absolute Gasteiger partial charge is 0.269 e. The van der Waals surface area contributed by atoms with E-state index in [0.717, 1.165) is 33.4 Å². The van der Waals surface area contributed by atoms with Crippen LogP contribution in [0, 0.1) is 20.2 Å². The molecule has 0 spiro atoms. The molecule has 0 saturated carbocycles. The van der Waals surface area contributed by atoms with Gasteiger partial charge in [-0.1, -0.05) is 72.8 Å². The van der Waals surface area contributed by atoms with E-state index < -0.39 is 9.85 Å². The van der Waals surface area contributed by atoms with Crippen molar-refractivity contribution < 1.29 is 9.85 Å². The summed E-state index contributed by atoms with van der Waals surface area (Å²) in [5.41, 5.74) is 6.20. The first-order valence-electron chi connectivity index (χ1n) is 10.5. The van der Waals surface area contributed by atoms with Crippen LogP contribution < -0.4 is 0 Å². The molecule has 0 saturated heterocycles. The van der Waals surface area contributed by atoms with Crippen LogP contribution in [0.4, 0.5) is 11.4 Å². The minimum absolute atomic E-state index is 0.0781. The zero-order chi connectivity index (χ0) is 23.9. The Morgan fingerprint density at radius 2 is 0.647 bits per heavy atom. The van der Waals surface area contributed by atoms with Gasteiger partial charge in [0.2, 0.25) is 0 Å². The SMILES string of the molecule is O=[N+]([O-])c1ccc(/C=C/c2ccc(-c3ccc(/C=C/c4ccc([N+](=O)[O-])cc4)cc3)cc2)cc1. The highest BCUT2D eigenvalue weighted by Gasteiger charge is 2.03. The average molecular weight is 448 g/mol. The summed E-state index contributed by atoms with van der Waals surface area (Å²) in [6.07, 6.45) is 7.78. The molecule has 6 nitrogen and oxygen atoms in total. The van der Waals surface area contributed by atoms with Crippen LogP contribution in [0.3, 0.4) is 0 Å². The van der Waals surface area contributed by atoms with Crippen molar-refractivity contribution in [2.24, 2.45) is 0 Å². The lowest BCUT2D eigenvalue weighted by Gasteiger charge is -2.03. The topological polar surface area (TPSA) is 86.3 Å². The monoisotopic (exact) mass is 448 g/mol. The molecule has 4 rings (SSSR count). The number of nitro benzene ring substituents is 2. The number of hydrogen-bond acceptors (Lipinski definition) is 4. The lowest BCUT2D eigenvalue weighted by Crippen LogP contribution is -1.86. The lowest BCUT2D eigenvalue weighted by atomic mass is 10.0. The van der Waals surface area contributed by atoms with Crippen LogP contribution in [0.2, 0.25) is 0 Å². The maximum absolute atomic E-state index is 10.7. The Hall–Kier alpha value is -4.84. The van der Waals surface area contributed by atoms with E-state index in [-0.39, 0.29) is 11.4 Å². The second-order valence-electron chi connectivity index (χ2n) is 7.61. The molecule has 34 heavy (non-hydrogen) atoms. The van der Waals surface area contributed by atoms with Crippen LogP contribution in [-0.2, 0) is 0 Å². The lowest BCUT2D eigenvalue weighted by molar-refractivity contribution is -0.385. The third-order valence-electron chi connectivity index (χ3n) is 5.30. The van der Waals surface area contributed by atoms with E-state index in [2.05, 4.69) is 24.3 Å². The van der Waals surface area contributed by atoms with Gasteiger partial charge in [0, 0.05) is 24.3 Å². The van der Waals surface area contributed by atoms with Gasteiger partial charge in [0.1, 0.15) is 0 Å². The van der Waals surface area contributed by atoms with Crippen molar-refractivity contribution in [1.29, 1.82) is 0 Å². The Labute approximate surface area is 196 Å². The van der Waals surface area contributed by atoms with Crippen molar-refractivity contribution in [3.05, 3.63) is 140 Å². The summed E-state index contributed by atoms with van der Waals surface area (Å²) in [4.78, 5) is 20.7. The quantitative estimate of drug-likeness (QED) is 0.166. The minimum Gasteiger partial charge on any atom is -0.258 e. The molecule has 0 atom stereocenters. The van der Waals surface area contributed by atoms with E-state index in [9.17, 15) is 20.2 Å². The van der Waals surface area contributed by atoms with Gasteiger partial charge in [0.15, 0.2) is 0 Å². The maximum Gasteiger partial charge on any atom is 0.269 e. The molecule has 0 aliphatic rings. The van der Waals surface area contributed by atoms with E-state index in [1.807, 2.05) is 48.6 Å². The number of non-ortho nitro benzene ring substituents is 2. The van der Waals surface area contributed by atoms with Gasteiger partial charge in [0.05, 0.1) is 9.85 Å². The molecule has 0 N–H and O–H groups in total. The molecule has 0 amide bonds. The first kappa shape index (κ1) is 22.4. The van der Waals surface area contributed by atoms with Crippen molar-refractivity contribution in [3.63, 3.8) is 0 Å². The van der Waals surface area contributed by atoms with Crippen molar-refractivity contribution >= 4 is 35.7 Å². The van der Waals surface area contributed by atoms with Crippen LogP contribution >= 0.6 is 0 Å². The summed E-state index contributed by atoms with van der Waals surface area (Å²) in [5, 5.41) is 21.5. The van der Waals surface area contributed by atoms with Gasteiger partial charge in [-0.25, -0.2) is 0 Å². The second-order valence-corrected chi connectivity index (χ2v) is 7.61. The fraction of sp³-hybridized carbons (Fsp3) is 0. The molecule has 4 aromatic rings. The van der Waals surface area contributed by atoms with Crippen LogP contribution in [0.5, 0.6) is 0 Å². The highest BCUT2D eigenvalue weighted by atomic mass is 16.6. The summed E-state index contributed by atoms with van der Waals surface area (Å²) < 4.78 is 0. The molecule has 6 heteroatoms. The highest BCUT2D eigenvalue weighted by molar-refractivity contribution is 5.74. The van der Waals surface area contributed by atoms with Crippen LogP contribution in [0.1, 0.15) is 22.3 Å². The van der Waals surface area contributed by atoms with Crippen molar-refractivity contribution in [3.8, 4) is 11.1 Å². The zero-order valence-electron chi connectivity index (χ0n) is 18.1. The molecule has 166 valence electrons. The van der Waals surface area contributed by atoms with E-state index in [1.54, 1.807) is 24.3 Å². The minimum atomic E-state index is -0.409. The van der Waals surface area contributed by atoms with Crippen LogP contribution in [-0.4, -0.2) is 9.85 Å². The van der Waals surface area contributed by atoms with Gasteiger partial charge in [-0.05, 0) is 57.6 Å². The summed E-state index contributed by atoms with van der Waals surface area (Å²) in [5.74, 6) is 0. The smallest absolute Gasteiger partial charge is 0.258 e.